The molecule has 2 aromatic rings. The average molecular weight is 455 g/mol. The van der Waals surface area contributed by atoms with Crippen LogP contribution in [0.15, 0.2) is 36.4 Å². The van der Waals surface area contributed by atoms with Crippen LogP contribution in [0.4, 0.5) is 30.7 Å². The number of alkyl halides is 6. The number of aliphatic hydroxyl groups is 1. The fourth-order valence-corrected chi connectivity index (χ4v) is 3.01. The topological polar surface area (TPSA) is 64.7 Å². The molecule has 0 amide bonds. The van der Waals surface area contributed by atoms with Crippen LogP contribution in [0, 0.1) is 5.82 Å². The van der Waals surface area contributed by atoms with Crippen molar-refractivity contribution in [1.29, 1.82) is 0 Å². The summed E-state index contributed by atoms with van der Waals surface area (Å²) in [5, 5.41) is 11.0. The SMILES string of the molecule is COc1ccc(F)cc1C(O)(CCN)COCc1cc(C(F)(F)F)cc(C(F)(F)F)c1. The first-order chi connectivity index (χ1) is 14.3. The molecule has 0 aliphatic carbocycles. The Labute approximate surface area is 173 Å². The lowest BCUT2D eigenvalue weighted by Crippen LogP contribution is -2.34. The van der Waals surface area contributed by atoms with E-state index in [1.165, 1.54) is 13.2 Å². The van der Waals surface area contributed by atoms with Gasteiger partial charge in [0, 0.05) is 5.56 Å². The maximum absolute atomic E-state index is 13.7. The first-order valence-corrected chi connectivity index (χ1v) is 8.93. The number of methoxy groups -OCH3 is 1. The minimum Gasteiger partial charge on any atom is -0.496 e. The molecule has 0 saturated heterocycles. The fourth-order valence-electron chi connectivity index (χ4n) is 3.01. The van der Waals surface area contributed by atoms with Crippen LogP contribution in [-0.2, 0) is 29.3 Å². The monoisotopic (exact) mass is 455 g/mol. The summed E-state index contributed by atoms with van der Waals surface area (Å²) in [5.74, 6) is -0.585. The Morgan fingerprint density at radius 1 is 0.935 bits per heavy atom. The molecule has 0 heterocycles. The van der Waals surface area contributed by atoms with Gasteiger partial charge < -0.3 is 20.3 Å². The first kappa shape index (κ1) is 24.9. The second kappa shape index (κ2) is 9.41. The molecule has 0 spiro atoms. The lowest BCUT2D eigenvalue weighted by molar-refractivity contribution is -0.143. The molecule has 0 aliphatic rings. The molecular weight excluding hydrogens is 435 g/mol. The number of benzene rings is 2. The average Bonchev–Trinajstić information content (AvgIpc) is 2.66. The van der Waals surface area contributed by atoms with Gasteiger partial charge in [-0.05, 0) is 54.9 Å². The van der Waals surface area contributed by atoms with Gasteiger partial charge in [-0.15, -0.1) is 0 Å². The van der Waals surface area contributed by atoms with Crippen LogP contribution in [0.2, 0.25) is 0 Å². The van der Waals surface area contributed by atoms with Crippen LogP contribution < -0.4 is 10.5 Å². The highest BCUT2D eigenvalue weighted by molar-refractivity contribution is 5.39. The lowest BCUT2D eigenvalue weighted by atomic mass is 9.90. The van der Waals surface area contributed by atoms with E-state index in [0.29, 0.717) is 12.1 Å². The van der Waals surface area contributed by atoms with Crippen LogP contribution in [0.25, 0.3) is 0 Å². The number of nitrogens with two attached hydrogens (primary N) is 1. The van der Waals surface area contributed by atoms with Crippen molar-refractivity contribution < 1.29 is 45.3 Å². The zero-order chi connectivity index (χ0) is 23.4. The molecule has 0 aromatic heterocycles. The molecule has 1 unspecified atom stereocenters. The third-order valence-corrected chi connectivity index (χ3v) is 4.48. The summed E-state index contributed by atoms with van der Waals surface area (Å²) < 4.78 is 102. The molecular formula is C20H20F7NO3. The van der Waals surface area contributed by atoms with Gasteiger partial charge in [-0.25, -0.2) is 4.39 Å². The van der Waals surface area contributed by atoms with Crippen molar-refractivity contribution in [1.82, 2.24) is 0 Å². The van der Waals surface area contributed by atoms with Gasteiger partial charge in [-0.1, -0.05) is 0 Å². The van der Waals surface area contributed by atoms with Gasteiger partial charge in [-0.2, -0.15) is 26.3 Å². The van der Waals surface area contributed by atoms with Crippen molar-refractivity contribution >= 4 is 0 Å². The molecule has 0 bridgehead atoms. The predicted molar refractivity (Wildman–Crippen MR) is 96.6 cm³/mol. The summed E-state index contributed by atoms with van der Waals surface area (Å²) in [6.07, 6.45) is -10.1. The Hall–Kier alpha value is -2.37. The maximum atomic E-state index is 13.7. The molecule has 1 atom stereocenters. The largest absolute Gasteiger partial charge is 0.496 e. The van der Waals surface area contributed by atoms with Gasteiger partial charge in [0.15, 0.2) is 0 Å². The molecule has 0 saturated carbocycles. The minimum absolute atomic E-state index is 0.00582. The standard InChI is InChI=1S/C20H20F7NO3/c1-30-17-3-2-15(21)9-16(17)18(29,4-5-28)11-31-10-12-6-13(19(22,23)24)8-14(7-12)20(25,26)27/h2-3,6-9,29H,4-5,10-11,28H2,1H3. The van der Waals surface area contributed by atoms with Crippen molar-refractivity contribution in [3.8, 4) is 5.75 Å². The van der Waals surface area contributed by atoms with Crippen molar-refractivity contribution in [3.63, 3.8) is 0 Å². The maximum Gasteiger partial charge on any atom is 0.416 e. The van der Waals surface area contributed by atoms with Gasteiger partial charge in [0.25, 0.3) is 0 Å². The van der Waals surface area contributed by atoms with E-state index in [2.05, 4.69) is 0 Å². The van der Waals surface area contributed by atoms with Crippen molar-refractivity contribution in [2.75, 3.05) is 20.3 Å². The molecule has 31 heavy (non-hydrogen) atoms. The first-order valence-electron chi connectivity index (χ1n) is 8.93. The summed E-state index contributed by atoms with van der Waals surface area (Å²) in [6.45, 7) is -1.32. The summed E-state index contributed by atoms with van der Waals surface area (Å²) in [4.78, 5) is 0. The Morgan fingerprint density at radius 3 is 2.00 bits per heavy atom. The van der Waals surface area contributed by atoms with Crippen LogP contribution in [-0.4, -0.2) is 25.4 Å². The fraction of sp³-hybridized carbons (Fsp3) is 0.400. The van der Waals surface area contributed by atoms with E-state index in [1.807, 2.05) is 0 Å². The van der Waals surface area contributed by atoms with Crippen LogP contribution in [0.3, 0.4) is 0 Å². The summed E-state index contributed by atoms with van der Waals surface area (Å²) in [5.41, 5.74) is 0.231. The van der Waals surface area contributed by atoms with Gasteiger partial charge in [0.2, 0.25) is 0 Å². The molecule has 0 aliphatic heterocycles. The Morgan fingerprint density at radius 2 is 1.52 bits per heavy atom. The Bertz CT molecular complexity index is 867. The Balaban J connectivity index is 2.30. The number of halogens is 7. The zero-order valence-corrected chi connectivity index (χ0v) is 16.3. The number of rotatable bonds is 8. The summed E-state index contributed by atoms with van der Waals surface area (Å²) >= 11 is 0. The second-order valence-electron chi connectivity index (χ2n) is 6.82. The molecule has 172 valence electrons. The third kappa shape index (κ3) is 6.31. The smallest absolute Gasteiger partial charge is 0.416 e. The van der Waals surface area contributed by atoms with E-state index in [9.17, 15) is 35.8 Å². The lowest BCUT2D eigenvalue weighted by Gasteiger charge is -2.29. The highest BCUT2D eigenvalue weighted by atomic mass is 19.4. The summed E-state index contributed by atoms with van der Waals surface area (Å²) in [6, 6.07) is 4.40. The molecule has 11 heteroatoms. The summed E-state index contributed by atoms with van der Waals surface area (Å²) in [7, 11) is 1.28. The van der Waals surface area contributed by atoms with E-state index >= 15 is 0 Å². The van der Waals surface area contributed by atoms with Crippen LogP contribution >= 0.6 is 0 Å². The van der Waals surface area contributed by atoms with E-state index in [1.54, 1.807) is 0 Å². The molecule has 3 N–H and O–H groups in total. The number of hydrogen-bond donors (Lipinski definition) is 2. The van der Waals surface area contributed by atoms with Gasteiger partial charge in [0.05, 0.1) is 31.5 Å². The zero-order valence-electron chi connectivity index (χ0n) is 16.3. The second-order valence-corrected chi connectivity index (χ2v) is 6.82. The van der Waals surface area contributed by atoms with E-state index in [0.717, 1.165) is 12.1 Å². The minimum atomic E-state index is -4.99. The van der Waals surface area contributed by atoms with Crippen molar-refractivity contribution in [3.05, 3.63) is 64.5 Å². The third-order valence-electron chi connectivity index (χ3n) is 4.48. The highest BCUT2D eigenvalue weighted by Gasteiger charge is 2.37. The number of hydrogen-bond acceptors (Lipinski definition) is 4. The quantitative estimate of drug-likeness (QED) is 0.570. The van der Waals surface area contributed by atoms with E-state index in [4.69, 9.17) is 15.2 Å². The molecule has 2 rings (SSSR count). The normalized spacial score (nSPS) is 14.4. The van der Waals surface area contributed by atoms with E-state index < -0.39 is 53.7 Å². The molecule has 4 nitrogen and oxygen atoms in total. The molecule has 0 fully saturated rings. The van der Waals surface area contributed by atoms with Gasteiger partial charge in [0.1, 0.15) is 17.2 Å². The number of ether oxygens (including phenoxy) is 2. The molecule has 0 radical (unpaired) electrons. The van der Waals surface area contributed by atoms with Crippen LogP contribution in [0.5, 0.6) is 5.75 Å². The predicted octanol–water partition coefficient (Wildman–Crippen LogP) is 4.63. The van der Waals surface area contributed by atoms with E-state index in [-0.39, 0.29) is 30.3 Å². The van der Waals surface area contributed by atoms with Crippen molar-refractivity contribution in [2.24, 2.45) is 5.73 Å². The highest BCUT2D eigenvalue weighted by Crippen LogP contribution is 2.37. The molecule has 2 aromatic carbocycles. The van der Waals surface area contributed by atoms with Gasteiger partial charge in [-0.3, -0.25) is 0 Å². The Kier molecular flexibility index (Phi) is 7.56. The van der Waals surface area contributed by atoms with Crippen LogP contribution in [0.1, 0.15) is 28.7 Å². The van der Waals surface area contributed by atoms with Gasteiger partial charge >= 0.3 is 12.4 Å². The van der Waals surface area contributed by atoms with Crippen molar-refractivity contribution in [2.45, 2.75) is 31.0 Å².